The van der Waals surface area contributed by atoms with Crippen LogP contribution in [0, 0.1) is 19.8 Å². The summed E-state index contributed by atoms with van der Waals surface area (Å²) in [4.78, 5) is 47.3. The molecule has 0 saturated carbocycles. The average Bonchev–Trinajstić information content (AvgIpc) is 2.74. The predicted octanol–water partition coefficient (Wildman–Crippen LogP) is 2.13. The smallest absolute Gasteiger partial charge is 0.328 e. The highest BCUT2D eigenvalue weighted by Gasteiger charge is 2.23. The third-order valence-electron chi connectivity index (χ3n) is 4.88. The van der Waals surface area contributed by atoms with Gasteiger partial charge in [0, 0.05) is 12.8 Å². The Labute approximate surface area is 182 Å². The lowest BCUT2D eigenvalue weighted by atomic mass is 10.0. The summed E-state index contributed by atoms with van der Waals surface area (Å²) in [7, 11) is 1.29. The number of nitrogens with one attached hydrogen (secondary N) is 1. The highest BCUT2D eigenvalue weighted by molar-refractivity contribution is 5.84. The number of ether oxygens (including phenoxy) is 1. The zero-order valence-corrected chi connectivity index (χ0v) is 18.8. The van der Waals surface area contributed by atoms with Crippen LogP contribution in [0.5, 0.6) is 0 Å². The van der Waals surface area contributed by atoms with E-state index in [4.69, 9.17) is 9.57 Å². The Balaban J connectivity index is 2.09. The van der Waals surface area contributed by atoms with E-state index in [0.717, 1.165) is 5.56 Å². The minimum absolute atomic E-state index is 0.0228. The number of methoxy groups -OCH3 is 1. The molecule has 0 aliphatic rings. The quantitative estimate of drug-likeness (QED) is 0.581. The molecule has 8 heteroatoms. The second-order valence-corrected chi connectivity index (χ2v) is 7.86. The molecule has 168 valence electrons. The van der Waals surface area contributed by atoms with Crippen LogP contribution in [-0.2, 0) is 27.4 Å². The Morgan fingerprint density at radius 2 is 1.84 bits per heavy atom. The fraction of sp³-hybridized carbons (Fsp3) is 0.478. The molecule has 2 aromatic rings. The number of hydrogen-bond donors (Lipinski definition) is 1. The molecule has 1 atom stereocenters. The van der Waals surface area contributed by atoms with Crippen LogP contribution < -0.4 is 15.7 Å². The number of nitrogens with zero attached hydrogens (tertiary/aromatic N) is 2. The molecule has 31 heavy (non-hydrogen) atoms. The molecule has 2 rings (SSSR count). The molecule has 0 radical (unpaired) electrons. The molecule has 1 heterocycles. The van der Waals surface area contributed by atoms with Gasteiger partial charge in [-0.2, -0.15) is 0 Å². The molecule has 8 nitrogen and oxygen atoms in total. The van der Waals surface area contributed by atoms with E-state index in [2.05, 4.69) is 10.3 Å². The predicted molar refractivity (Wildman–Crippen MR) is 116 cm³/mol. The molecule has 1 aromatic heterocycles. The number of aromatic nitrogens is 2. The summed E-state index contributed by atoms with van der Waals surface area (Å²) in [5, 5.41) is 2.69. The van der Waals surface area contributed by atoms with Crippen molar-refractivity contribution < 1.29 is 19.2 Å². The maximum absolute atomic E-state index is 12.9. The topological polar surface area (TPSA) is 99.5 Å². The molecule has 0 aliphatic carbocycles. The minimum Gasteiger partial charge on any atom is -0.467 e. The van der Waals surface area contributed by atoms with Crippen molar-refractivity contribution in [3.8, 4) is 0 Å². The SMILES string of the molecule is COC(=O)[C@H](CC(C)C)NC(=O)CCc1nc(C)c(C)n(OCc2ccccc2)c1=O. The van der Waals surface area contributed by atoms with Crippen molar-refractivity contribution in [1.29, 1.82) is 0 Å². The summed E-state index contributed by atoms with van der Waals surface area (Å²) in [6, 6.07) is 8.82. The maximum Gasteiger partial charge on any atom is 0.328 e. The molecule has 0 bridgehead atoms. The summed E-state index contributed by atoms with van der Waals surface area (Å²) in [5.41, 5.74) is 2.04. The molecular weight excluding hydrogens is 398 g/mol. The highest BCUT2D eigenvalue weighted by Crippen LogP contribution is 2.08. The summed E-state index contributed by atoms with van der Waals surface area (Å²) in [6.45, 7) is 7.70. The Morgan fingerprint density at radius 1 is 1.16 bits per heavy atom. The van der Waals surface area contributed by atoms with Gasteiger partial charge in [0.05, 0.1) is 18.5 Å². The summed E-state index contributed by atoms with van der Waals surface area (Å²) < 4.78 is 6.00. The first-order chi connectivity index (χ1) is 14.7. The van der Waals surface area contributed by atoms with Crippen LogP contribution in [0.15, 0.2) is 35.1 Å². The normalized spacial score (nSPS) is 11.8. The molecule has 0 spiro atoms. The van der Waals surface area contributed by atoms with Gasteiger partial charge in [0.2, 0.25) is 5.91 Å². The first-order valence-corrected chi connectivity index (χ1v) is 10.4. The van der Waals surface area contributed by atoms with E-state index in [1.54, 1.807) is 13.8 Å². The van der Waals surface area contributed by atoms with Crippen molar-refractivity contribution in [2.45, 2.75) is 59.6 Å². The number of amides is 1. The van der Waals surface area contributed by atoms with Crippen molar-refractivity contribution in [2.24, 2.45) is 5.92 Å². The van der Waals surface area contributed by atoms with Gasteiger partial charge >= 0.3 is 11.5 Å². The molecule has 0 aliphatic heterocycles. The monoisotopic (exact) mass is 429 g/mol. The lowest BCUT2D eigenvalue weighted by Crippen LogP contribution is -2.42. The van der Waals surface area contributed by atoms with Crippen molar-refractivity contribution in [1.82, 2.24) is 15.0 Å². The standard InChI is InChI=1S/C23H31N3O5/c1-15(2)13-20(23(29)30-5)25-21(27)12-11-19-22(28)26(17(4)16(3)24-19)31-14-18-9-7-6-8-10-18/h6-10,15,20H,11-14H2,1-5H3,(H,25,27)/t20-/m0/s1. The van der Waals surface area contributed by atoms with Crippen LogP contribution in [0.1, 0.15) is 49.3 Å². The molecule has 1 aromatic carbocycles. The van der Waals surface area contributed by atoms with Crippen LogP contribution in [0.25, 0.3) is 0 Å². The van der Waals surface area contributed by atoms with Crippen molar-refractivity contribution in [3.05, 3.63) is 63.3 Å². The van der Waals surface area contributed by atoms with Gasteiger partial charge in [-0.15, -0.1) is 4.73 Å². The number of hydrogen-bond acceptors (Lipinski definition) is 6. The van der Waals surface area contributed by atoms with E-state index < -0.39 is 17.6 Å². The lowest BCUT2D eigenvalue weighted by Gasteiger charge is -2.18. The second-order valence-electron chi connectivity index (χ2n) is 7.86. The minimum atomic E-state index is -0.712. The number of aryl methyl sites for hydroxylation is 2. The zero-order chi connectivity index (χ0) is 23.0. The Kier molecular flexibility index (Phi) is 8.78. The Bertz CT molecular complexity index is 954. The van der Waals surface area contributed by atoms with E-state index in [1.807, 2.05) is 44.2 Å². The maximum atomic E-state index is 12.9. The van der Waals surface area contributed by atoms with Crippen LogP contribution in [0.2, 0.25) is 0 Å². The van der Waals surface area contributed by atoms with E-state index in [1.165, 1.54) is 11.8 Å². The number of benzene rings is 1. The van der Waals surface area contributed by atoms with Crippen LogP contribution >= 0.6 is 0 Å². The first kappa shape index (κ1) is 24.1. The second kappa shape index (κ2) is 11.3. The van der Waals surface area contributed by atoms with Crippen LogP contribution in [-0.4, -0.2) is 34.7 Å². The molecule has 0 fully saturated rings. The van der Waals surface area contributed by atoms with Gasteiger partial charge in [-0.3, -0.25) is 14.6 Å². The molecule has 1 N–H and O–H groups in total. The van der Waals surface area contributed by atoms with Crippen LogP contribution in [0.4, 0.5) is 0 Å². The molecule has 1 amide bonds. The van der Waals surface area contributed by atoms with Gasteiger partial charge in [0.25, 0.3) is 0 Å². The van der Waals surface area contributed by atoms with Gasteiger partial charge in [-0.25, -0.2) is 4.79 Å². The average molecular weight is 430 g/mol. The van der Waals surface area contributed by atoms with Crippen molar-refractivity contribution >= 4 is 11.9 Å². The van der Waals surface area contributed by atoms with E-state index in [0.29, 0.717) is 17.8 Å². The fourth-order valence-electron chi connectivity index (χ4n) is 3.11. The van der Waals surface area contributed by atoms with Gasteiger partial charge in [0.1, 0.15) is 18.3 Å². The highest BCUT2D eigenvalue weighted by atomic mass is 16.7. The van der Waals surface area contributed by atoms with Gasteiger partial charge in [-0.1, -0.05) is 44.2 Å². The number of carbonyl (C=O) groups is 2. The number of esters is 1. The van der Waals surface area contributed by atoms with Crippen molar-refractivity contribution in [2.75, 3.05) is 7.11 Å². The van der Waals surface area contributed by atoms with Gasteiger partial charge in [0.15, 0.2) is 0 Å². The number of carbonyl (C=O) groups excluding carboxylic acids is 2. The van der Waals surface area contributed by atoms with Crippen LogP contribution in [0.3, 0.4) is 0 Å². The molecular formula is C23H31N3O5. The largest absolute Gasteiger partial charge is 0.467 e. The molecule has 0 saturated heterocycles. The number of rotatable bonds is 10. The third-order valence-corrected chi connectivity index (χ3v) is 4.88. The molecule has 0 unspecified atom stereocenters. The zero-order valence-electron chi connectivity index (χ0n) is 18.8. The van der Waals surface area contributed by atoms with Gasteiger partial charge < -0.3 is 14.9 Å². The van der Waals surface area contributed by atoms with E-state index >= 15 is 0 Å². The lowest BCUT2D eigenvalue weighted by molar-refractivity contribution is -0.145. The first-order valence-electron chi connectivity index (χ1n) is 10.4. The van der Waals surface area contributed by atoms with Crippen molar-refractivity contribution in [3.63, 3.8) is 0 Å². The summed E-state index contributed by atoms with van der Waals surface area (Å²) in [5.74, 6) is -0.616. The van der Waals surface area contributed by atoms with Gasteiger partial charge in [-0.05, 0) is 31.7 Å². The summed E-state index contributed by atoms with van der Waals surface area (Å²) in [6.07, 6.45) is 0.630. The third kappa shape index (κ3) is 6.94. The Morgan fingerprint density at radius 3 is 2.45 bits per heavy atom. The van der Waals surface area contributed by atoms with E-state index in [9.17, 15) is 14.4 Å². The summed E-state index contributed by atoms with van der Waals surface area (Å²) >= 11 is 0. The fourth-order valence-corrected chi connectivity index (χ4v) is 3.11. The Hall–Kier alpha value is -3.16. The van der Waals surface area contributed by atoms with E-state index in [-0.39, 0.29) is 37.0 Å².